The first-order valence-corrected chi connectivity index (χ1v) is 13.9. The summed E-state index contributed by atoms with van der Waals surface area (Å²) >= 11 is 0. The Kier molecular flexibility index (Phi) is 12.9. The van der Waals surface area contributed by atoms with Gasteiger partial charge in [-0.25, -0.2) is 18.0 Å². The number of quaternary nitrogens is 1. The molecular formula is C26H37N3O7S. The summed E-state index contributed by atoms with van der Waals surface area (Å²) in [5.74, 6) is -0.422. The second-order valence-corrected chi connectivity index (χ2v) is 10.6. The van der Waals surface area contributed by atoms with Crippen LogP contribution in [-0.4, -0.2) is 75.2 Å². The van der Waals surface area contributed by atoms with E-state index >= 15 is 0 Å². The fourth-order valence-corrected chi connectivity index (χ4v) is 4.29. The van der Waals surface area contributed by atoms with E-state index in [-0.39, 0.29) is 19.6 Å². The van der Waals surface area contributed by atoms with Gasteiger partial charge in [0.15, 0.2) is 0 Å². The number of rotatable bonds is 16. The van der Waals surface area contributed by atoms with Crippen LogP contribution in [0.3, 0.4) is 0 Å². The second kappa shape index (κ2) is 15.9. The van der Waals surface area contributed by atoms with Gasteiger partial charge in [-0.2, -0.15) is 0 Å². The third kappa shape index (κ3) is 14.2. The zero-order valence-corrected chi connectivity index (χ0v) is 22.1. The molecule has 0 saturated carbocycles. The van der Waals surface area contributed by atoms with Crippen molar-refractivity contribution in [2.75, 3.05) is 45.5 Å². The molecule has 0 spiro atoms. The van der Waals surface area contributed by atoms with Crippen LogP contribution in [0.15, 0.2) is 60.7 Å². The van der Waals surface area contributed by atoms with Crippen LogP contribution in [0, 0.1) is 0 Å². The quantitative estimate of drug-likeness (QED) is 0.192. The number of carbonyl (C=O) groups excluding carboxylic acids is 2. The van der Waals surface area contributed by atoms with E-state index in [0.717, 1.165) is 11.1 Å². The van der Waals surface area contributed by atoms with Crippen molar-refractivity contribution in [2.24, 2.45) is 0 Å². The fourth-order valence-electron chi connectivity index (χ4n) is 3.81. The van der Waals surface area contributed by atoms with Crippen LogP contribution >= 0.6 is 0 Å². The number of carbonyl (C=O) groups is 2. The number of hydrogen-bond acceptors (Lipinski definition) is 7. The van der Waals surface area contributed by atoms with E-state index in [1.807, 2.05) is 67.7 Å². The second-order valence-electron chi connectivity index (χ2n) is 9.09. The first-order valence-electron chi connectivity index (χ1n) is 12.3. The van der Waals surface area contributed by atoms with Crippen LogP contribution in [0.2, 0.25) is 0 Å². The molecule has 0 radical (unpaired) electrons. The van der Waals surface area contributed by atoms with Crippen molar-refractivity contribution in [1.29, 1.82) is 0 Å². The van der Waals surface area contributed by atoms with E-state index in [4.69, 9.17) is 9.47 Å². The first kappa shape index (κ1) is 30.1. The van der Waals surface area contributed by atoms with Gasteiger partial charge in [-0.05, 0) is 11.1 Å². The van der Waals surface area contributed by atoms with Crippen molar-refractivity contribution in [3.8, 4) is 0 Å². The topological polar surface area (TPSA) is 134 Å². The van der Waals surface area contributed by atoms with Crippen LogP contribution in [-0.2, 0) is 32.8 Å². The van der Waals surface area contributed by atoms with Gasteiger partial charge in [0.2, 0.25) is 0 Å². The van der Waals surface area contributed by atoms with Crippen molar-refractivity contribution in [1.82, 2.24) is 10.6 Å². The van der Waals surface area contributed by atoms with E-state index in [1.54, 1.807) is 0 Å². The van der Waals surface area contributed by atoms with E-state index in [1.165, 1.54) is 0 Å². The summed E-state index contributed by atoms with van der Waals surface area (Å²) in [6.45, 7) is 2.94. The molecule has 0 fully saturated rings. The van der Waals surface area contributed by atoms with Crippen LogP contribution < -0.4 is 10.6 Å². The lowest BCUT2D eigenvalue weighted by molar-refractivity contribution is -0.909. The Balaban J connectivity index is 1.71. The van der Waals surface area contributed by atoms with Gasteiger partial charge in [0.25, 0.3) is 0 Å². The molecule has 204 valence electrons. The van der Waals surface area contributed by atoms with Gasteiger partial charge in [-0.15, -0.1) is 0 Å². The fraction of sp³-hybridized carbons (Fsp3) is 0.462. The van der Waals surface area contributed by atoms with E-state index < -0.39 is 28.1 Å². The van der Waals surface area contributed by atoms with Gasteiger partial charge in [-0.1, -0.05) is 60.7 Å². The molecule has 2 rings (SSSR count). The zero-order valence-electron chi connectivity index (χ0n) is 21.3. The maximum Gasteiger partial charge on any atom is 0.407 e. The lowest BCUT2D eigenvalue weighted by atomic mass is 10.2. The SMILES string of the molecule is C[N+](CCCNC(=O)OCc1ccccc1)(CCCNC(=O)OCc1ccccc1)CCCS(=O)(=O)[O-]. The molecule has 11 heteroatoms. The number of hydrogen-bond donors (Lipinski definition) is 2. The normalized spacial score (nSPS) is 11.5. The summed E-state index contributed by atoms with van der Waals surface area (Å²) < 4.78 is 44.0. The molecule has 0 unspecified atom stereocenters. The number of ether oxygens (including phenoxy) is 2. The van der Waals surface area contributed by atoms with Crippen LogP contribution in [0.4, 0.5) is 9.59 Å². The predicted molar refractivity (Wildman–Crippen MR) is 138 cm³/mol. The van der Waals surface area contributed by atoms with Gasteiger partial charge in [-0.3, -0.25) is 0 Å². The van der Waals surface area contributed by atoms with Crippen molar-refractivity contribution >= 4 is 22.3 Å². The number of alkyl carbamates (subject to hydrolysis) is 2. The standard InChI is InChI=1S/C26H37N3O7S/c1-29(19-10-20-37(32,33)34,17-8-15-27-25(30)35-21-23-11-4-2-5-12-23)18-9-16-28-26(31)36-22-24-13-6-3-7-14-24/h2-7,11-14H,8-10,15-22H2,1H3,(H2-,27,28,30,31,32,33,34). The summed E-state index contributed by atoms with van der Waals surface area (Å²) in [6, 6.07) is 18.7. The van der Waals surface area contributed by atoms with Crippen LogP contribution in [0.25, 0.3) is 0 Å². The molecule has 0 aromatic heterocycles. The van der Waals surface area contributed by atoms with Gasteiger partial charge >= 0.3 is 12.2 Å². The molecule has 0 aliphatic carbocycles. The molecular weight excluding hydrogens is 498 g/mol. The Morgan fingerprint density at radius 1 is 0.757 bits per heavy atom. The largest absolute Gasteiger partial charge is 0.748 e. The summed E-state index contributed by atoms with van der Waals surface area (Å²) in [5, 5.41) is 5.45. The lowest BCUT2D eigenvalue weighted by Crippen LogP contribution is -2.48. The molecule has 37 heavy (non-hydrogen) atoms. The highest BCUT2D eigenvalue weighted by Gasteiger charge is 2.21. The smallest absolute Gasteiger partial charge is 0.407 e. The predicted octanol–water partition coefficient (Wildman–Crippen LogP) is 3.00. The summed E-state index contributed by atoms with van der Waals surface area (Å²) in [4.78, 5) is 23.9. The van der Waals surface area contributed by atoms with Crippen molar-refractivity contribution < 1.29 is 36.5 Å². The highest BCUT2D eigenvalue weighted by atomic mass is 32.2. The highest BCUT2D eigenvalue weighted by molar-refractivity contribution is 7.85. The van der Waals surface area contributed by atoms with Crippen LogP contribution in [0.5, 0.6) is 0 Å². The Bertz CT molecular complexity index is 987. The average Bonchev–Trinajstić information content (AvgIpc) is 2.87. The monoisotopic (exact) mass is 535 g/mol. The van der Waals surface area contributed by atoms with Crippen molar-refractivity contribution in [3.05, 3.63) is 71.8 Å². The lowest BCUT2D eigenvalue weighted by Gasteiger charge is -2.35. The Labute approximate surface area is 219 Å². The Hall–Kier alpha value is -3.15. The molecule has 2 aromatic carbocycles. The molecule has 0 atom stereocenters. The van der Waals surface area contributed by atoms with E-state index in [9.17, 15) is 22.6 Å². The summed E-state index contributed by atoms with van der Waals surface area (Å²) in [5.41, 5.74) is 1.79. The zero-order chi connectivity index (χ0) is 27.0. The van der Waals surface area contributed by atoms with Crippen LogP contribution in [0.1, 0.15) is 30.4 Å². The van der Waals surface area contributed by atoms with Gasteiger partial charge in [0.05, 0.1) is 36.8 Å². The van der Waals surface area contributed by atoms with Crippen molar-refractivity contribution in [2.45, 2.75) is 32.5 Å². The maximum absolute atomic E-state index is 11.9. The molecule has 0 saturated heterocycles. The first-order chi connectivity index (χ1) is 17.7. The molecule has 0 bridgehead atoms. The van der Waals surface area contributed by atoms with E-state index in [0.29, 0.717) is 50.0 Å². The molecule has 2 N–H and O–H groups in total. The third-order valence-corrected chi connectivity index (χ3v) is 6.59. The minimum Gasteiger partial charge on any atom is -0.748 e. The maximum atomic E-state index is 11.9. The number of nitrogens with one attached hydrogen (secondary N) is 2. The number of benzene rings is 2. The third-order valence-electron chi connectivity index (χ3n) is 5.81. The van der Waals surface area contributed by atoms with E-state index in [2.05, 4.69) is 10.6 Å². The van der Waals surface area contributed by atoms with Gasteiger partial charge in [0.1, 0.15) is 13.2 Å². The molecule has 10 nitrogen and oxygen atoms in total. The highest BCUT2D eigenvalue weighted by Crippen LogP contribution is 2.09. The minimum absolute atomic E-state index is 0.185. The summed E-state index contributed by atoms with van der Waals surface area (Å²) in [6.07, 6.45) is 0.491. The minimum atomic E-state index is -4.28. The molecule has 2 aromatic rings. The molecule has 0 heterocycles. The number of amides is 2. The Morgan fingerprint density at radius 2 is 1.16 bits per heavy atom. The van der Waals surface area contributed by atoms with Gasteiger partial charge < -0.3 is 29.1 Å². The molecule has 0 aliphatic heterocycles. The van der Waals surface area contributed by atoms with Crippen molar-refractivity contribution in [3.63, 3.8) is 0 Å². The summed E-state index contributed by atoms with van der Waals surface area (Å²) in [7, 11) is -2.31. The Morgan fingerprint density at radius 3 is 1.57 bits per heavy atom. The number of nitrogens with zero attached hydrogens (tertiary/aromatic N) is 1. The average molecular weight is 536 g/mol. The molecule has 2 amide bonds. The van der Waals surface area contributed by atoms with Gasteiger partial charge in [0, 0.05) is 38.1 Å². The molecule has 0 aliphatic rings.